The molecule has 0 spiro atoms. The molecule has 0 aliphatic heterocycles. The maximum atomic E-state index is 13.9. The molecular formula is C25H24BrClFN3O4S. The molecule has 7 nitrogen and oxygen atoms in total. The molecule has 36 heavy (non-hydrogen) atoms. The van der Waals surface area contributed by atoms with Crippen LogP contribution in [0.15, 0.2) is 82.2 Å². The molecule has 1 N–H and O–H groups in total. The maximum Gasteiger partial charge on any atom is 0.264 e. The zero-order chi connectivity index (χ0) is 26.5. The number of likely N-dealkylation sites (N-methyl/N-ethyl adjacent to an activating group) is 1. The van der Waals surface area contributed by atoms with Crippen molar-refractivity contribution in [2.45, 2.75) is 24.4 Å². The van der Waals surface area contributed by atoms with Gasteiger partial charge in [0.05, 0.1) is 15.6 Å². The van der Waals surface area contributed by atoms with Crippen LogP contribution in [-0.2, 0) is 26.2 Å². The van der Waals surface area contributed by atoms with Crippen LogP contribution in [0.1, 0.15) is 12.5 Å². The number of rotatable bonds is 9. The lowest BCUT2D eigenvalue weighted by Gasteiger charge is -2.31. The Balaban J connectivity index is 2.05. The van der Waals surface area contributed by atoms with Crippen LogP contribution in [0.5, 0.6) is 0 Å². The van der Waals surface area contributed by atoms with E-state index in [0.717, 1.165) is 26.5 Å². The highest BCUT2D eigenvalue weighted by atomic mass is 79.9. The highest BCUT2D eigenvalue weighted by Gasteiger charge is 2.32. The number of sulfonamides is 1. The molecule has 3 aromatic carbocycles. The Morgan fingerprint density at radius 1 is 1.06 bits per heavy atom. The van der Waals surface area contributed by atoms with Crippen LogP contribution in [0, 0.1) is 5.82 Å². The van der Waals surface area contributed by atoms with Gasteiger partial charge in [-0.2, -0.15) is 0 Å². The van der Waals surface area contributed by atoms with E-state index in [4.69, 9.17) is 11.6 Å². The van der Waals surface area contributed by atoms with E-state index >= 15 is 0 Å². The van der Waals surface area contributed by atoms with Gasteiger partial charge in [-0.25, -0.2) is 12.8 Å². The Morgan fingerprint density at radius 3 is 2.36 bits per heavy atom. The molecule has 0 saturated carbocycles. The first-order chi connectivity index (χ1) is 17.0. The minimum Gasteiger partial charge on any atom is -0.357 e. The molecule has 2 amide bonds. The molecule has 0 heterocycles. The minimum atomic E-state index is -4.25. The molecular weight excluding hydrogens is 573 g/mol. The summed E-state index contributed by atoms with van der Waals surface area (Å²) in [7, 11) is -2.80. The van der Waals surface area contributed by atoms with Gasteiger partial charge in [0, 0.05) is 18.1 Å². The topological polar surface area (TPSA) is 86.8 Å². The first-order valence-corrected chi connectivity index (χ1v) is 13.4. The normalized spacial score (nSPS) is 12.0. The number of hydrogen-bond donors (Lipinski definition) is 1. The second-order valence-electron chi connectivity index (χ2n) is 7.86. The Labute approximate surface area is 223 Å². The standard InChI is InChI=1S/C25H24BrClFN3O4S/c1-17(25(33)29-2)30(15-18-7-6-8-19(26)13-18)24(32)16-31(20-11-12-23(28)22(27)14-20)36(34,35)21-9-4-3-5-10-21/h3-14,17H,15-16H2,1-2H3,(H,29,33). The van der Waals surface area contributed by atoms with Crippen LogP contribution in [-0.4, -0.2) is 44.8 Å². The fourth-order valence-corrected chi connectivity index (χ4v) is 5.56. The van der Waals surface area contributed by atoms with Crippen molar-refractivity contribution in [1.29, 1.82) is 0 Å². The predicted octanol–water partition coefficient (Wildman–Crippen LogP) is 4.60. The van der Waals surface area contributed by atoms with E-state index < -0.39 is 40.2 Å². The van der Waals surface area contributed by atoms with E-state index in [9.17, 15) is 22.4 Å². The van der Waals surface area contributed by atoms with Crippen LogP contribution in [0.4, 0.5) is 10.1 Å². The van der Waals surface area contributed by atoms with Gasteiger partial charge in [-0.05, 0) is 55.0 Å². The Kier molecular flexibility index (Phi) is 9.10. The number of benzene rings is 3. The van der Waals surface area contributed by atoms with E-state index in [1.165, 1.54) is 30.1 Å². The van der Waals surface area contributed by atoms with E-state index in [1.54, 1.807) is 43.3 Å². The van der Waals surface area contributed by atoms with Gasteiger partial charge in [0.15, 0.2) is 0 Å². The van der Waals surface area contributed by atoms with Crippen molar-refractivity contribution in [3.8, 4) is 0 Å². The summed E-state index contributed by atoms with van der Waals surface area (Å²) in [4.78, 5) is 27.3. The second-order valence-corrected chi connectivity index (χ2v) is 11.1. The Hall–Kier alpha value is -2.95. The third-order valence-electron chi connectivity index (χ3n) is 5.46. The molecule has 3 rings (SSSR count). The number of nitrogens with one attached hydrogen (secondary N) is 1. The third-order valence-corrected chi connectivity index (χ3v) is 8.03. The maximum absolute atomic E-state index is 13.9. The first-order valence-electron chi connectivity index (χ1n) is 10.8. The number of halogens is 3. The van der Waals surface area contributed by atoms with Crippen molar-refractivity contribution >= 4 is 55.1 Å². The van der Waals surface area contributed by atoms with Crippen LogP contribution < -0.4 is 9.62 Å². The predicted molar refractivity (Wildman–Crippen MR) is 141 cm³/mol. The molecule has 1 unspecified atom stereocenters. The van der Waals surface area contributed by atoms with Crippen molar-refractivity contribution in [3.63, 3.8) is 0 Å². The van der Waals surface area contributed by atoms with Gasteiger partial charge < -0.3 is 10.2 Å². The summed E-state index contributed by atoms with van der Waals surface area (Å²) in [5.41, 5.74) is 0.740. The lowest BCUT2D eigenvalue weighted by molar-refractivity contribution is -0.139. The SMILES string of the molecule is CNC(=O)C(C)N(Cc1cccc(Br)c1)C(=O)CN(c1ccc(F)c(Cl)c1)S(=O)(=O)c1ccccc1. The molecule has 0 saturated heterocycles. The van der Waals surface area contributed by atoms with E-state index in [2.05, 4.69) is 21.2 Å². The summed E-state index contributed by atoms with van der Waals surface area (Å²) in [6.45, 7) is 0.963. The number of carbonyl (C=O) groups is 2. The smallest absolute Gasteiger partial charge is 0.264 e. The quantitative estimate of drug-likeness (QED) is 0.391. The van der Waals surface area contributed by atoms with Crippen molar-refractivity contribution in [3.05, 3.63) is 93.7 Å². The minimum absolute atomic E-state index is 0.00797. The summed E-state index contributed by atoms with van der Waals surface area (Å²) in [6.07, 6.45) is 0. The number of anilines is 1. The van der Waals surface area contributed by atoms with Gasteiger partial charge in [-0.3, -0.25) is 13.9 Å². The van der Waals surface area contributed by atoms with Crippen molar-refractivity contribution in [2.75, 3.05) is 17.9 Å². The Bertz CT molecular complexity index is 1360. The molecule has 0 bridgehead atoms. The fourth-order valence-electron chi connectivity index (χ4n) is 3.51. The summed E-state index contributed by atoms with van der Waals surface area (Å²) in [5, 5.41) is 2.23. The van der Waals surface area contributed by atoms with Gasteiger partial charge in [0.1, 0.15) is 18.4 Å². The molecule has 3 aromatic rings. The van der Waals surface area contributed by atoms with E-state index in [-0.39, 0.29) is 22.2 Å². The fraction of sp³-hybridized carbons (Fsp3) is 0.200. The molecule has 190 valence electrons. The average Bonchev–Trinajstić information content (AvgIpc) is 2.87. The summed E-state index contributed by atoms with van der Waals surface area (Å²) in [6, 6.07) is 17.3. The molecule has 0 radical (unpaired) electrons. The molecule has 0 aromatic heterocycles. The highest BCUT2D eigenvalue weighted by Crippen LogP contribution is 2.28. The lowest BCUT2D eigenvalue weighted by Crippen LogP contribution is -2.50. The lowest BCUT2D eigenvalue weighted by atomic mass is 10.1. The van der Waals surface area contributed by atoms with Gasteiger partial charge >= 0.3 is 0 Å². The second kappa shape index (κ2) is 11.9. The van der Waals surface area contributed by atoms with Crippen LogP contribution in [0.3, 0.4) is 0 Å². The van der Waals surface area contributed by atoms with Crippen LogP contribution in [0.2, 0.25) is 5.02 Å². The van der Waals surface area contributed by atoms with E-state index in [0.29, 0.717) is 0 Å². The molecule has 0 fully saturated rings. The van der Waals surface area contributed by atoms with Gasteiger partial charge in [-0.1, -0.05) is 57.9 Å². The molecule has 0 aliphatic carbocycles. The summed E-state index contributed by atoms with van der Waals surface area (Å²) in [5.74, 6) is -1.78. The summed E-state index contributed by atoms with van der Waals surface area (Å²) >= 11 is 9.33. The zero-order valence-electron chi connectivity index (χ0n) is 19.5. The van der Waals surface area contributed by atoms with Crippen molar-refractivity contribution in [2.24, 2.45) is 0 Å². The average molecular weight is 597 g/mol. The number of amides is 2. The number of carbonyl (C=O) groups excluding carboxylic acids is 2. The van der Waals surface area contributed by atoms with Crippen molar-refractivity contribution in [1.82, 2.24) is 10.2 Å². The number of hydrogen-bond acceptors (Lipinski definition) is 4. The molecule has 11 heteroatoms. The largest absolute Gasteiger partial charge is 0.357 e. The molecule has 1 atom stereocenters. The van der Waals surface area contributed by atoms with Crippen molar-refractivity contribution < 1.29 is 22.4 Å². The van der Waals surface area contributed by atoms with Gasteiger partial charge in [0.25, 0.3) is 10.0 Å². The Morgan fingerprint density at radius 2 is 1.75 bits per heavy atom. The monoisotopic (exact) mass is 595 g/mol. The number of nitrogens with zero attached hydrogens (tertiary/aromatic N) is 2. The summed E-state index contributed by atoms with van der Waals surface area (Å²) < 4.78 is 42.7. The zero-order valence-corrected chi connectivity index (χ0v) is 22.6. The van der Waals surface area contributed by atoms with Crippen LogP contribution in [0.25, 0.3) is 0 Å². The van der Waals surface area contributed by atoms with E-state index in [1.807, 2.05) is 6.07 Å². The van der Waals surface area contributed by atoms with Gasteiger partial charge in [0.2, 0.25) is 11.8 Å². The third kappa shape index (κ3) is 6.43. The first kappa shape index (κ1) is 27.6. The van der Waals surface area contributed by atoms with Gasteiger partial charge in [-0.15, -0.1) is 0 Å². The van der Waals surface area contributed by atoms with Crippen LogP contribution >= 0.6 is 27.5 Å². The highest BCUT2D eigenvalue weighted by molar-refractivity contribution is 9.10. The molecule has 0 aliphatic rings.